The Balaban J connectivity index is 2.09. The Labute approximate surface area is 138 Å². The summed E-state index contributed by atoms with van der Waals surface area (Å²) in [6, 6.07) is 0. The number of rotatable bonds is 0. The summed E-state index contributed by atoms with van der Waals surface area (Å²) in [7, 11) is 0. The van der Waals surface area contributed by atoms with Gasteiger partial charge < -0.3 is 0 Å². The van der Waals surface area contributed by atoms with Gasteiger partial charge in [0.2, 0.25) is 0 Å². The smallest absolute Gasteiger partial charge is 0.141 e. The highest BCUT2D eigenvalue weighted by atomic mass is 32.2. The largest absolute Gasteiger partial charge is 0.174 e. The summed E-state index contributed by atoms with van der Waals surface area (Å²) in [5.74, 6) is 2.36. The molecule has 2 fully saturated rings. The number of hydrogen-bond acceptors (Lipinski definition) is 4. The van der Waals surface area contributed by atoms with Crippen LogP contribution >= 0.6 is 23.5 Å². The molecule has 3 rings (SSSR count). The lowest BCUT2D eigenvalue weighted by molar-refractivity contribution is -0.0428. The van der Waals surface area contributed by atoms with Gasteiger partial charge in [0.1, 0.15) is 9.74 Å². The lowest BCUT2D eigenvalue weighted by atomic mass is 9.51. The van der Waals surface area contributed by atoms with E-state index in [1.54, 1.807) is 0 Å². The number of hydrogen-bond donors (Lipinski definition) is 0. The molecule has 0 radical (unpaired) electrons. The Morgan fingerprint density at radius 1 is 0.619 bits per heavy atom. The quantitative estimate of drug-likeness (QED) is 0.559. The summed E-state index contributed by atoms with van der Waals surface area (Å²) in [5.41, 5.74) is 0.841. The monoisotopic (exact) mass is 326 g/mol. The molecule has 1 aliphatic carbocycles. The maximum absolute atomic E-state index is 5.07. The third-order valence-corrected chi connectivity index (χ3v) is 10.9. The van der Waals surface area contributed by atoms with Gasteiger partial charge in [0.05, 0.1) is 0 Å². The second kappa shape index (κ2) is 4.03. The molecule has 0 bridgehead atoms. The number of azo groups is 1. The molecule has 120 valence electrons. The first-order valence-corrected chi connectivity index (χ1v) is 10.0. The third kappa shape index (κ3) is 1.70. The van der Waals surface area contributed by atoms with Crippen LogP contribution in [0.5, 0.6) is 0 Å². The molecule has 0 aromatic carbocycles. The van der Waals surface area contributed by atoms with Crippen molar-refractivity contribution in [1.82, 2.24) is 0 Å². The molecule has 2 nitrogen and oxygen atoms in total. The van der Waals surface area contributed by atoms with Crippen molar-refractivity contribution in [2.45, 2.75) is 71.6 Å². The van der Waals surface area contributed by atoms with E-state index in [2.05, 4.69) is 78.9 Å². The molecule has 4 heteroatoms. The summed E-state index contributed by atoms with van der Waals surface area (Å²) in [5, 5.41) is 10.1. The van der Waals surface area contributed by atoms with Crippen molar-refractivity contribution in [1.29, 1.82) is 0 Å². The van der Waals surface area contributed by atoms with Crippen LogP contribution in [0.25, 0.3) is 0 Å². The van der Waals surface area contributed by atoms with Crippen molar-refractivity contribution in [3.05, 3.63) is 0 Å². The maximum Gasteiger partial charge on any atom is 0.141 e. The van der Waals surface area contributed by atoms with E-state index in [9.17, 15) is 0 Å². The molecule has 0 unspecified atom stereocenters. The van der Waals surface area contributed by atoms with Gasteiger partial charge in [0.15, 0.2) is 0 Å². The van der Waals surface area contributed by atoms with Crippen LogP contribution in [0, 0.1) is 21.7 Å². The summed E-state index contributed by atoms with van der Waals surface area (Å²) in [4.78, 5) is -0.128. The Bertz CT molecular complexity index is 473. The van der Waals surface area contributed by atoms with E-state index in [0.717, 1.165) is 0 Å². The number of nitrogens with zero attached hydrogens (tertiary/aromatic N) is 2. The molecule has 0 aromatic heterocycles. The Morgan fingerprint density at radius 2 is 1.00 bits per heavy atom. The fourth-order valence-electron chi connectivity index (χ4n) is 5.32. The van der Waals surface area contributed by atoms with E-state index >= 15 is 0 Å². The molecule has 1 saturated heterocycles. The van der Waals surface area contributed by atoms with Gasteiger partial charge in [-0.25, -0.2) is 0 Å². The van der Waals surface area contributed by atoms with Crippen LogP contribution in [0.3, 0.4) is 0 Å². The molecule has 3 aliphatic rings. The van der Waals surface area contributed by atoms with Gasteiger partial charge in [-0.2, -0.15) is 22.0 Å². The first kappa shape index (κ1) is 16.2. The van der Waals surface area contributed by atoms with Gasteiger partial charge in [-0.15, -0.1) is 0 Å². The van der Waals surface area contributed by atoms with Crippen molar-refractivity contribution >= 4 is 23.5 Å². The van der Waals surface area contributed by atoms with Gasteiger partial charge in [0, 0.05) is 33.2 Å². The lowest BCUT2D eigenvalue weighted by Crippen LogP contribution is -2.65. The zero-order valence-corrected chi connectivity index (χ0v) is 16.5. The molecule has 2 aliphatic heterocycles. The van der Waals surface area contributed by atoms with E-state index in [-0.39, 0.29) is 31.4 Å². The maximum atomic E-state index is 5.07. The minimum absolute atomic E-state index is 0.0451. The molecule has 0 atom stereocenters. The average molecular weight is 327 g/mol. The molecule has 2 spiro atoms. The SMILES string of the molecule is CC1(C)CSCC(C)(C)C12N=NC1(S2)C(C)(C)CC1(C)C. The van der Waals surface area contributed by atoms with Crippen molar-refractivity contribution in [2.24, 2.45) is 31.9 Å². The van der Waals surface area contributed by atoms with E-state index < -0.39 is 0 Å². The topological polar surface area (TPSA) is 24.7 Å². The van der Waals surface area contributed by atoms with E-state index in [4.69, 9.17) is 10.2 Å². The van der Waals surface area contributed by atoms with Crippen LogP contribution in [0.4, 0.5) is 0 Å². The van der Waals surface area contributed by atoms with Crippen LogP contribution in [-0.2, 0) is 0 Å². The van der Waals surface area contributed by atoms with Gasteiger partial charge in [0.25, 0.3) is 0 Å². The first-order chi connectivity index (χ1) is 9.33. The highest BCUT2D eigenvalue weighted by Gasteiger charge is 2.75. The van der Waals surface area contributed by atoms with E-state index in [1.165, 1.54) is 17.9 Å². The molecule has 0 aromatic rings. The van der Waals surface area contributed by atoms with Gasteiger partial charge in [-0.3, -0.25) is 0 Å². The lowest BCUT2D eigenvalue weighted by Gasteiger charge is -2.64. The molecule has 1 saturated carbocycles. The van der Waals surface area contributed by atoms with E-state index in [1.807, 2.05) is 0 Å². The average Bonchev–Trinajstić information content (AvgIpc) is 2.70. The van der Waals surface area contributed by atoms with Crippen LogP contribution in [0.1, 0.15) is 61.8 Å². The van der Waals surface area contributed by atoms with Crippen LogP contribution in [0.15, 0.2) is 10.2 Å². The minimum Gasteiger partial charge on any atom is -0.174 e. The van der Waals surface area contributed by atoms with Gasteiger partial charge in [-0.1, -0.05) is 67.2 Å². The van der Waals surface area contributed by atoms with Crippen molar-refractivity contribution < 1.29 is 0 Å². The highest BCUT2D eigenvalue weighted by molar-refractivity contribution is 8.03. The fraction of sp³-hybridized carbons (Fsp3) is 1.00. The molecular weight excluding hydrogens is 296 g/mol. The molecule has 0 amide bonds. The summed E-state index contributed by atoms with van der Waals surface area (Å²) >= 11 is 4.18. The van der Waals surface area contributed by atoms with Crippen LogP contribution in [-0.4, -0.2) is 21.2 Å². The Hall–Kier alpha value is 0.300. The van der Waals surface area contributed by atoms with Crippen LogP contribution < -0.4 is 0 Å². The minimum atomic E-state index is -0.0831. The molecular formula is C17H30N2S2. The summed E-state index contributed by atoms with van der Waals surface area (Å²) in [6.45, 7) is 19.1. The first-order valence-electron chi connectivity index (χ1n) is 8.05. The van der Waals surface area contributed by atoms with E-state index in [0.29, 0.717) is 0 Å². The predicted molar refractivity (Wildman–Crippen MR) is 95.0 cm³/mol. The Morgan fingerprint density at radius 3 is 1.38 bits per heavy atom. The molecule has 0 N–H and O–H groups in total. The Kier molecular flexibility index (Phi) is 3.11. The van der Waals surface area contributed by atoms with Crippen molar-refractivity contribution in [3.63, 3.8) is 0 Å². The molecule has 21 heavy (non-hydrogen) atoms. The van der Waals surface area contributed by atoms with Gasteiger partial charge >= 0.3 is 0 Å². The second-order valence-electron chi connectivity index (χ2n) is 9.80. The zero-order valence-electron chi connectivity index (χ0n) is 14.8. The van der Waals surface area contributed by atoms with Crippen molar-refractivity contribution in [2.75, 3.05) is 11.5 Å². The summed E-state index contributed by atoms with van der Waals surface area (Å²) < 4.78 is 0. The number of thioether (sulfide) groups is 2. The summed E-state index contributed by atoms with van der Waals surface area (Å²) in [6.07, 6.45) is 1.23. The second-order valence-corrected chi connectivity index (χ2v) is 12.2. The van der Waals surface area contributed by atoms with Gasteiger partial charge in [-0.05, 0) is 6.42 Å². The predicted octanol–water partition coefficient (Wildman–Crippen LogP) is 5.83. The third-order valence-electron chi connectivity index (χ3n) is 6.11. The zero-order chi connectivity index (χ0) is 15.9. The molecule has 2 heterocycles. The standard InChI is InChI=1S/C17H30N2S2/c1-12(2)9-13(3,4)16(12)18-19-17(21-16)14(5,6)10-20-11-15(17,7)8/h9-11H2,1-8H3. The van der Waals surface area contributed by atoms with Crippen molar-refractivity contribution in [3.8, 4) is 0 Å². The highest BCUT2D eigenvalue weighted by Crippen LogP contribution is 2.78. The van der Waals surface area contributed by atoms with Crippen LogP contribution in [0.2, 0.25) is 0 Å². The normalized spacial score (nSPS) is 35.8. The fourth-order valence-corrected chi connectivity index (χ4v) is 9.02.